The molecule has 3 heteroatoms. The molecule has 1 nitrogen and oxygen atoms in total. The number of rotatable bonds is 2. The molecule has 0 aromatic heterocycles. The van der Waals surface area contributed by atoms with Crippen LogP contribution >= 0.6 is 15.9 Å². The summed E-state index contributed by atoms with van der Waals surface area (Å²) in [7, 11) is 1.70. The second-order valence-corrected chi connectivity index (χ2v) is 4.18. The van der Waals surface area contributed by atoms with Crippen LogP contribution in [0.15, 0.2) is 22.7 Å². The maximum Gasteiger partial charge on any atom is 0.124 e. The fourth-order valence-corrected chi connectivity index (χ4v) is 2.27. The zero-order valence-corrected chi connectivity index (χ0v) is 8.90. The van der Waals surface area contributed by atoms with Crippen molar-refractivity contribution in [1.29, 1.82) is 0 Å². The molecule has 1 fully saturated rings. The van der Waals surface area contributed by atoms with Crippen LogP contribution < -0.4 is 0 Å². The fourth-order valence-electron chi connectivity index (χ4n) is 1.56. The van der Waals surface area contributed by atoms with E-state index in [1.807, 2.05) is 0 Å². The van der Waals surface area contributed by atoms with E-state index < -0.39 is 0 Å². The molecule has 70 valence electrons. The highest BCUT2D eigenvalue weighted by Gasteiger charge is 2.45. The average molecular weight is 245 g/mol. The molecule has 0 spiro atoms. The molecule has 1 aromatic rings. The van der Waals surface area contributed by atoms with Gasteiger partial charge in [0, 0.05) is 11.6 Å². The van der Waals surface area contributed by atoms with Crippen LogP contribution in [0.4, 0.5) is 4.39 Å². The highest BCUT2D eigenvalue weighted by atomic mass is 79.9. The first-order valence-corrected chi connectivity index (χ1v) is 4.98. The Morgan fingerprint density at radius 1 is 1.46 bits per heavy atom. The van der Waals surface area contributed by atoms with Crippen molar-refractivity contribution in [3.63, 3.8) is 0 Å². The summed E-state index contributed by atoms with van der Waals surface area (Å²) in [6.45, 7) is 0. The molecule has 2 rings (SSSR count). The topological polar surface area (TPSA) is 9.23 Å². The third kappa shape index (κ3) is 1.51. The van der Waals surface area contributed by atoms with Gasteiger partial charge in [-0.25, -0.2) is 4.39 Å². The molecule has 0 saturated heterocycles. The number of hydrogen-bond donors (Lipinski definition) is 0. The van der Waals surface area contributed by atoms with E-state index in [1.54, 1.807) is 13.2 Å². The molecule has 0 heterocycles. The fraction of sp³-hybridized carbons (Fsp3) is 0.400. The van der Waals surface area contributed by atoms with Gasteiger partial charge in [-0.05, 0) is 30.5 Å². The van der Waals surface area contributed by atoms with E-state index in [1.165, 1.54) is 12.1 Å². The van der Waals surface area contributed by atoms with Crippen molar-refractivity contribution in [3.8, 4) is 0 Å². The lowest BCUT2D eigenvalue weighted by Gasteiger charge is -2.15. The summed E-state index contributed by atoms with van der Waals surface area (Å²) >= 11 is 3.34. The smallest absolute Gasteiger partial charge is 0.124 e. The molecule has 0 N–H and O–H groups in total. The second kappa shape index (κ2) is 3.07. The first kappa shape index (κ1) is 9.16. The Morgan fingerprint density at radius 3 is 2.62 bits per heavy atom. The first-order chi connectivity index (χ1) is 6.18. The summed E-state index contributed by atoms with van der Waals surface area (Å²) in [6, 6.07) is 4.74. The Bertz CT molecular complexity index is 334. The van der Waals surface area contributed by atoms with Crippen molar-refractivity contribution in [1.82, 2.24) is 0 Å². The lowest BCUT2D eigenvalue weighted by atomic mass is 10.1. The predicted molar refractivity (Wildman–Crippen MR) is 52.0 cm³/mol. The van der Waals surface area contributed by atoms with E-state index >= 15 is 0 Å². The second-order valence-electron chi connectivity index (χ2n) is 3.32. The minimum absolute atomic E-state index is 0.146. The first-order valence-electron chi connectivity index (χ1n) is 4.19. The summed E-state index contributed by atoms with van der Waals surface area (Å²) in [5.41, 5.74) is 0.906. The van der Waals surface area contributed by atoms with Gasteiger partial charge in [0.2, 0.25) is 0 Å². The lowest BCUT2D eigenvalue weighted by molar-refractivity contribution is 0.0782. The molecule has 0 atom stereocenters. The van der Waals surface area contributed by atoms with Crippen LogP contribution in [0.2, 0.25) is 0 Å². The van der Waals surface area contributed by atoms with Gasteiger partial charge in [0.1, 0.15) is 5.82 Å². The van der Waals surface area contributed by atoms with Gasteiger partial charge in [0.15, 0.2) is 0 Å². The molecule has 1 aliphatic rings. The van der Waals surface area contributed by atoms with Gasteiger partial charge in [0.25, 0.3) is 0 Å². The Morgan fingerprint density at radius 2 is 2.15 bits per heavy atom. The lowest BCUT2D eigenvalue weighted by Crippen LogP contribution is -2.09. The molecule has 0 bridgehead atoms. The summed E-state index contributed by atoms with van der Waals surface area (Å²) in [5.74, 6) is -0.220. The SMILES string of the molecule is COC1(c2ccc(F)cc2Br)CC1. The summed E-state index contributed by atoms with van der Waals surface area (Å²) in [4.78, 5) is 0. The third-order valence-electron chi connectivity index (χ3n) is 2.52. The van der Waals surface area contributed by atoms with Crippen LogP contribution in [-0.4, -0.2) is 7.11 Å². The summed E-state index contributed by atoms with van der Waals surface area (Å²) in [5, 5.41) is 0. The molecule has 0 radical (unpaired) electrons. The average Bonchev–Trinajstić information content (AvgIpc) is 2.85. The third-order valence-corrected chi connectivity index (χ3v) is 3.17. The molecule has 1 aliphatic carbocycles. The van der Waals surface area contributed by atoms with Crippen molar-refractivity contribution >= 4 is 15.9 Å². The highest BCUT2D eigenvalue weighted by molar-refractivity contribution is 9.10. The van der Waals surface area contributed by atoms with E-state index in [9.17, 15) is 4.39 Å². The van der Waals surface area contributed by atoms with Crippen molar-refractivity contribution in [2.75, 3.05) is 7.11 Å². The summed E-state index contributed by atoms with van der Waals surface area (Å²) < 4.78 is 19.0. The maximum absolute atomic E-state index is 12.8. The predicted octanol–water partition coefficient (Wildman–Crippen LogP) is 3.22. The van der Waals surface area contributed by atoms with Crippen molar-refractivity contribution in [3.05, 3.63) is 34.1 Å². The van der Waals surface area contributed by atoms with E-state index in [-0.39, 0.29) is 11.4 Å². The number of ether oxygens (including phenoxy) is 1. The normalized spacial score (nSPS) is 18.7. The van der Waals surface area contributed by atoms with Gasteiger partial charge in [-0.2, -0.15) is 0 Å². The van der Waals surface area contributed by atoms with Gasteiger partial charge < -0.3 is 4.74 Å². The molecule has 13 heavy (non-hydrogen) atoms. The Balaban J connectivity index is 2.41. The van der Waals surface area contributed by atoms with Gasteiger partial charge in [0.05, 0.1) is 5.60 Å². The maximum atomic E-state index is 12.8. The highest BCUT2D eigenvalue weighted by Crippen LogP contribution is 2.50. The van der Waals surface area contributed by atoms with Crippen LogP contribution in [0.25, 0.3) is 0 Å². The van der Waals surface area contributed by atoms with Crippen LogP contribution in [0.1, 0.15) is 18.4 Å². The Labute approximate surface area is 85.0 Å². The van der Waals surface area contributed by atoms with E-state index in [2.05, 4.69) is 15.9 Å². The molecule has 0 unspecified atom stereocenters. The van der Waals surface area contributed by atoms with Crippen LogP contribution in [0.5, 0.6) is 0 Å². The zero-order valence-electron chi connectivity index (χ0n) is 7.31. The molecule has 1 aromatic carbocycles. The minimum Gasteiger partial charge on any atom is -0.373 e. The van der Waals surface area contributed by atoms with Crippen molar-refractivity contribution in [2.45, 2.75) is 18.4 Å². The van der Waals surface area contributed by atoms with Gasteiger partial charge in [-0.15, -0.1) is 0 Å². The largest absolute Gasteiger partial charge is 0.373 e. The number of methoxy groups -OCH3 is 1. The van der Waals surface area contributed by atoms with Gasteiger partial charge in [-0.1, -0.05) is 22.0 Å². The molecule has 0 aliphatic heterocycles. The van der Waals surface area contributed by atoms with E-state index in [4.69, 9.17) is 4.74 Å². The van der Waals surface area contributed by atoms with Crippen molar-refractivity contribution < 1.29 is 9.13 Å². The Kier molecular flexibility index (Phi) is 2.16. The van der Waals surface area contributed by atoms with Crippen molar-refractivity contribution in [2.24, 2.45) is 0 Å². The zero-order chi connectivity index (χ0) is 9.47. The quantitative estimate of drug-likeness (QED) is 0.777. The van der Waals surface area contributed by atoms with Crippen LogP contribution in [-0.2, 0) is 10.3 Å². The van der Waals surface area contributed by atoms with Crippen LogP contribution in [0.3, 0.4) is 0 Å². The van der Waals surface area contributed by atoms with Gasteiger partial charge >= 0.3 is 0 Å². The molecule has 0 amide bonds. The number of halogens is 2. The number of benzene rings is 1. The minimum atomic E-state index is -0.220. The van der Waals surface area contributed by atoms with Gasteiger partial charge in [-0.3, -0.25) is 0 Å². The van der Waals surface area contributed by atoms with E-state index in [0.717, 1.165) is 22.9 Å². The molecular weight excluding hydrogens is 235 g/mol. The van der Waals surface area contributed by atoms with E-state index in [0.29, 0.717) is 0 Å². The number of hydrogen-bond acceptors (Lipinski definition) is 1. The summed E-state index contributed by atoms with van der Waals surface area (Å²) in [6.07, 6.45) is 2.04. The van der Waals surface area contributed by atoms with Crippen LogP contribution in [0, 0.1) is 5.82 Å². The Hall–Kier alpha value is -0.410. The molecule has 1 saturated carbocycles. The standard InChI is InChI=1S/C10H10BrFO/c1-13-10(4-5-10)8-3-2-7(12)6-9(8)11/h2-3,6H,4-5H2,1H3. The monoisotopic (exact) mass is 244 g/mol. The molecular formula is C10H10BrFO.